The SMILES string of the molecule is Cc1csc(Nc2ccc(C(=O)N3CCN(c4cnc(=O)[nH]c4N)CC3)cc2)n1. The minimum absolute atomic E-state index is 0.00569. The van der Waals surface area contributed by atoms with Gasteiger partial charge in [0.25, 0.3) is 5.91 Å². The van der Waals surface area contributed by atoms with Gasteiger partial charge < -0.3 is 20.9 Å². The van der Waals surface area contributed by atoms with E-state index in [1.165, 1.54) is 6.20 Å². The molecule has 0 spiro atoms. The minimum atomic E-state index is -0.469. The predicted molar refractivity (Wildman–Crippen MR) is 114 cm³/mol. The Morgan fingerprint density at radius 1 is 1.21 bits per heavy atom. The van der Waals surface area contributed by atoms with Crippen LogP contribution in [0, 0.1) is 6.92 Å². The molecule has 150 valence electrons. The van der Waals surface area contributed by atoms with E-state index >= 15 is 0 Å². The molecular weight excluding hydrogens is 390 g/mol. The van der Waals surface area contributed by atoms with Crippen LogP contribution in [0.4, 0.5) is 22.3 Å². The van der Waals surface area contributed by atoms with Crippen LogP contribution in [-0.2, 0) is 0 Å². The molecular formula is C19H21N7O2S. The minimum Gasteiger partial charge on any atom is -0.383 e. The molecule has 0 aliphatic carbocycles. The molecule has 2 aromatic heterocycles. The van der Waals surface area contributed by atoms with E-state index in [9.17, 15) is 9.59 Å². The van der Waals surface area contributed by atoms with Crippen LogP contribution >= 0.6 is 11.3 Å². The van der Waals surface area contributed by atoms with Crippen molar-refractivity contribution in [2.45, 2.75) is 6.92 Å². The molecule has 0 saturated carbocycles. The molecule has 4 N–H and O–H groups in total. The van der Waals surface area contributed by atoms with Crippen LogP contribution < -0.4 is 21.6 Å². The predicted octanol–water partition coefficient (Wildman–Crippen LogP) is 1.82. The fourth-order valence-corrected chi connectivity index (χ4v) is 3.93. The van der Waals surface area contributed by atoms with Crippen molar-refractivity contribution in [2.75, 3.05) is 42.1 Å². The van der Waals surface area contributed by atoms with Crippen molar-refractivity contribution in [1.29, 1.82) is 0 Å². The van der Waals surface area contributed by atoms with Crippen LogP contribution in [0.1, 0.15) is 16.1 Å². The average molecular weight is 411 g/mol. The summed E-state index contributed by atoms with van der Waals surface area (Å²) in [5, 5.41) is 6.05. The molecule has 29 heavy (non-hydrogen) atoms. The van der Waals surface area contributed by atoms with Crippen molar-refractivity contribution in [1.82, 2.24) is 19.9 Å². The first kappa shape index (κ1) is 18.9. The third kappa shape index (κ3) is 4.21. The largest absolute Gasteiger partial charge is 0.383 e. The number of aromatic amines is 1. The van der Waals surface area contributed by atoms with Gasteiger partial charge in [0, 0.05) is 42.8 Å². The zero-order valence-corrected chi connectivity index (χ0v) is 16.7. The number of carbonyl (C=O) groups is 1. The van der Waals surface area contributed by atoms with Gasteiger partial charge in [0.15, 0.2) is 5.13 Å². The Morgan fingerprint density at radius 3 is 2.55 bits per heavy atom. The molecule has 0 radical (unpaired) electrons. The number of carbonyl (C=O) groups excluding carboxylic acids is 1. The van der Waals surface area contributed by atoms with Crippen LogP contribution in [0.25, 0.3) is 0 Å². The number of hydrogen-bond acceptors (Lipinski definition) is 8. The van der Waals surface area contributed by atoms with Crippen LogP contribution in [-0.4, -0.2) is 51.9 Å². The Bertz CT molecular complexity index is 1070. The van der Waals surface area contributed by atoms with E-state index in [0.717, 1.165) is 16.5 Å². The molecule has 1 aliphatic rings. The van der Waals surface area contributed by atoms with Crippen LogP contribution in [0.15, 0.2) is 40.6 Å². The summed E-state index contributed by atoms with van der Waals surface area (Å²) in [6.45, 7) is 4.32. The quantitative estimate of drug-likeness (QED) is 0.599. The molecule has 10 heteroatoms. The van der Waals surface area contributed by atoms with E-state index in [-0.39, 0.29) is 5.91 Å². The summed E-state index contributed by atoms with van der Waals surface area (Å²) >= 11 is 1.54. The number of anilines is 4. The molecule has 1 amide bonds. The number of nitrogens with two attached hydrogens (primary N) is 1. The maximum Gasteiger partial charge on any atom is 0.346 e. The number of H-pyrrole nitrogens is 1. The van der Waals surface area contributed by atoms with Crippen molar-refractivity contribution in [3.63, 3.8) is 0 Å². The topological polar surface area (TPSA) is 120 Å². The van der Waals surface area contributed by atoms with Gasteiger partial charge in [0.05, 0.1) is 17.6 Å². The average Bonchev–Trinajstić information content (AvgIpc) is 3.13. The number of thiazole rings is 1. The number of piperazine rings is 1. The number of hydrogen-bond donors (Lipinski definition) is 3. The zero-order valence-electron chi connectivity index (χ0n) is 15.9. The molecule has 1 aromatic carbocycles. The Balaban J connectivity index is 1.37. The normalized spacial score (nSPS) is 14.1. The summed E-state index contributed by atoms with van der Waals surface area (Å²) in [6, 6.07) is 7.41. The Hall–Kier alpha value is -3.40. The highest BCUT2D eigenvalue weighted by atomic mass is 32.1. The fourth-order valence-electron chi connectivity index (χ4n) is 3.22. The van der Waals surface area contributed by atoms with Crippen LogP contribution in [0.5, 0.6) is 0 Å². The highest BCUT2D eigenvalue weighted by Crippen LogP contribution is 2.23. The second kappa shape index (κ2) is 7.92. The number of aromatic nitrogens is 3. The summed E-state index contributed by atoms with van der Waals surface area (Å²) in [5.74, 6) is 0.289. The Kier molecular flexibility index (Phi) is 5.17. The lowest BCUT2D eigenvalue weighted by Crippen LogP contribution is -2.49. The van der Waals surface area contributed by atoms with Gasteiger partial charge in [-0.15, -0.1) is 11.3 Å². The molecule has 3 aromatic rings. The lowest BCUT2D eigenvalue weighted by atomic mass is 10.1. The maximum atomic E-state index is 12.8. The van der Waals surface area contributed by atoms with Gasteiger partial charge in [0.1, 0.15) is 5.82 Å². The van der Waals surface area contributed by atoms with Crippen LogP contribution in [0.3, 0.4) is 0 Å². The summed E-state index contributed by atoms with van der Waals surface area (Å²) in [7, 11) is 0. The van der Waals surface area contributed by atoms with Gasteiger partial charge in [-0.2, -0.15) is 4.98 Å². The van der Waals surface area contributed by atoms with Crippen molar-refractivity contribution in [2.24, 2.45) is 0 Å². The van der Waals surface area contributed by atoms with Gasteiger partial charge in [0.2, 0.25) is 0 Å². The zero-order chi connectivity index (χ0) is 20.4. The summed E-state index contributed by atoms with van der Waals surface area (Å²) < 4.78 is 0. The number of nitrogens with one attached hydrogen (secondary N) is 2. The Morgan fingerprint density at radius 2 is 1.93 bits per heavy atom. The third-order valence-electron chi connectivity index (χ3n) is 4.73. The van der Waals surface area contributed by atoms with Crippen molar-refractivity contribution < 1.29 is 4.79 Å². The number of rotatable bonds is 4. The molecule has 1 fully saturated rings. The first-order valence-electron chi connectivity index (χ1n) is 9.18. The van der Waals surface area contributed by atoms with E-state index < -0.39 is 5.69 Å². The van der Waals surface area contributed by atoms with Gasteiger partial charge >= 0.3 is 5.69 Å². The first-order valence-corrected chi connectivity index (χ1v) is 10.1. The molecule has 3 heterocycles. The van der Waals surface area contributed by atoms with Crippen molar-refractivity contribution in [3.05, 3.63) is 57.6 Å². The number of amides is 1. The molecule has 0 unspecified atom stereocenters. The number of nitrogens with zero attached hydrogens (tertiary/aromatic N) is 4. The highest BCUT2D eigenvalue weighted by molar-refractivity contribution is 7.13. The standard InChI is InChI=1S/C19H21N7O2S/c1-12-11-29-19(22-12)23-14-4-2-13(3-5-14)17(27)26-8-6-25(7-9-26)15-10-21-18(28)24-16(15)20/h2-5,10-11H,6-9H2,1H3,(H,22,23)(H3,20,21,24,28). The summed E-state index contributed by atoms with van der Waals surface area (Å²) in [6.07, 6.45) is 1.47. The van der Waals surface area contributed by atoms with Gasteiger partial charge in [-0.1, -0.05) is 0 Å². The first-order chi connectivity index (χ1) is 14.0. The number of aryl methyl sites for hydroxylation is 1. The second-order valence-corrected chi connectivity index (χ2v) is 7.62. The second-order valence-electron chi connectivity index (χ2n) is 6.76. The van der Waals surface area contributed by atoms with Gasteiger partial charge in [-0.25, -0.2) is 9.78 Å². The lowest BCUT2D eigenvalue weighted by molar-refractivity contribution is 0.0747. The van der Waals surface area contributed by atoms with Crippen molar-refractivity contribution >= 4 is 39.6 Å². The summed E-state index contributed by atoms with van der Waals surface area (Å²) in [4.78, 5) is 38.5. The van der Waals surface area contributed by atoms with Gasteiger partial charge in [-0.3, -0.25) is 9.78 Å². The molecule has 0 atom stereocenters. The van der Waals surface area contributed by atoms with Crippen molar-refractivity contribution in [3.8, 4) is 0 Å². The molecule has 9 nitrogen and oxygen atoms in total. The molecule has 1 aliphatic heterocycles. The van der Waals surface area contributed by atoms with E-state index in [4.69, 9.17) is 5.73 Å². The molecule has 4 rings (SSSR count). The van der Waals surface area contributed by atoms with Gasteiger partial charge in [-0.05, 0) is 31.2 Å². The summed E-state index contributed by atoms with van der Waals surface area (Å²) in [5.41, 5.74) is 8.60. The molecule has 0 bridgehead atoms. The fraction of sp³-hybridized carbons (Fsp3) is 0.263. The highest BCUT2D eigenvalue weighted by Gasteiger charge is 2.23. The third-order valence-corrected chi connectivity index (χ3v) is 5.61. The van der Waals surface area contributed by atoms with Crippen LogP contribution in [0.2, 0.25) is 0 Å². The van der Waals surface area contributed by atoms with E-state index in [0.29, 0.717) is 43.2 Å². The monoisotopic (exact) mass is 411 g/mol. The number of nitrogen functional groups attached to an aromatic ring is 1. The van der Waals surface area contributed by atoms with E-state index in [2.05, 4.69) is 20.3 Å². The smallest absolute Gasteiger partial charge is 0.346 e. The lowest BCUT2D eigenvalue weighted by Gasteiger charge is -2.36. The maximum absolute atomic E-state index is 12.8. The Labute approximate surface area is 171 Å². The van der Waals surface area contributed by atoms with E-state index in [1.54, 1.807) is 11.3 Å². The van der Waals surface area contributed by atoms with E-state index in [1.807, 2.05) is 46.4 Å². The number of benzene rings is 1. The molecule has 1 saturated heterocycles.